The summed E-state index contributed by atoms with van der Waals surface area (Å²) in [5, 5.41) is 12.0. The number of aromatic carboxylic acids is 1. The molecule has 0 atom stereocenters. The smallest absolute Gasteiger partial charge is 0.352 e. The molecule has 110 valence electrons. The summed E-state index contributed by atoms with van der Waals surface area (Å²) in [4.78, 5) is 26.1. The van der Waals surface area contributed by atoms with Crippen LogP contribution >= 0.6 is 11.8 Å². The third-order valence-corrected chi connectivity index (χ3v) is 4.82. The Labute approximate surface area is 122 Å². The second-order valence-electron chi connectivity index (χ2n) is 5.20. The van der Waals surface area contributed by atoms with Crippen LogP contribution in [-0.2, 0) is 0 Å². The summed E-state index contributed by atoms with van der Waals surface area (Å²) in [5.74, 6) is 1.65. The molecule has 2 heterocycles. The summed E-state index contributed by atoms with van der Waals surface area (Å²) in [6.07, 6.45) is 2.27. The van der Waals surface area contributed by atoms with Crippen LogP contribution in [0.4, 0.5) is 0 Å². The summed E-state index contributed by atoms with van der Waals surface area (Å²) >= 11 is 1.96. The highest BCUT2D eigenvalue weighted by Crippen LogP contribution is 2.22. The Balaban J connectivity index is 2.03. The highest BCUT2D eigenvalue weighted by Gasteiger charge is 2.22. The van der Waals surface area contributed by atoms with Gasteiger partial charge in [-0.15, -0.1) is 0 Å². The molecular formula is C14H20N2O3S. The van der Waals surface area contributed by atoms with Gasteiger partial charge in [-0.1, -0.05) is 0 Å². The molecule has 6 heteroatoms. The van der Waals surface area contributed by atoms with Gasteiger partial charge in [-0.05, 0) is 49.7 Å². The summed E-state index contributed by atoms with van der Waals surface area (Å²) in [7, 11) is 0. The second kappa shape index (κ2) is 6.35. The van der Waals surface area contributed by atoms with E-state index in [0.717, 1.165) is 24.3 Å². The highest BCUT2D eigenvalue weighted by molar-refractivity contribution is 7.99. The molecule has 2 rings (SSSR count). The third kappa shape index (κ3) is 3.17. The van der Waals surface area contributed by atoms with Crippen LogP contribution in [0.15, 0.2) is 0 Å². The molecule has 0 aromatic carbocycles. The normalized spacial score (nSPS) is 16.1. The van der Waals surface area contributed by atoms with Crippen LogP contribution in [0.2, 0.25) is 0 Å². The Hall–Kier alpha value is -1.43. The number of carbonyl (C=O) groups excluding carboxylic acids is 1. The fraction of sp³-hybridized carbons (Fsp3) is 0.571. The standard InChI is InChI=1S/C14H20N2O3S/c1-8-11(9(2)16-12(8)14(18)19)13(17)15-7-10-3-5-20-6-4-10/h10,16H,3-7H2,1-2H3,(H,15,17)(H,18,19). The number of rotatable bonds is 4. The predicted octanol–water partition coefficient (Wildman–Crippen LogP) is 2.20. The number of thioether (sulfide) groups is 1. The molecule has 1 aromatic rings. The van der Waals surface area contributed by atoms with Gasteiger partial charge in [0.2, 0.25) is 0 Å². The number of amides is 1. The van der Waals surface area contributed by atoms with Crippen molar-refractivity contribution in [3.63, 3.8) is 0 Å². The first-order valence-electron chi connectivity index (χ1n) is 6.79. The summed E-state index contributed by atoms with van der Waals surface area (Å²) in [6, 6.07) is 0. The number of carbonyl (C=O) groups is 2. The van der Waals surface area contributed by atoms with E-state index < -0.39 is 5.97 Å². The van der Waals surface area contributed by atoms with Gasteiger partial charge in [-0.3, -0.25) is 4.79 Å². The Morgan fingerprint density at radius 1 is 1.35 bits per heavy atom. The molecule has 0 aliphatic carbocycles. The maximum absolute atomic E-state index is 12.2. The van der Waals surface area contributed by atoms with Gasteiger partial charge in [0.1, 0.15) is 5.69 Å². The van der Waals surface area contributed by atoms with Crippen LogP contribution in [0.1, 0.15) is 44.9 Å². The zero-order valence-corrected chi connectivity index (χ0v) is 12.6. The Morgan fingerprint density at radius 3 is 2.55 bits per heavy atom. The van der Waals surface area contributed by atoms with E-state index in [-0.39, 0.29) is 11.6 Å². The molecular weight excluding hydrogens is 276 g/mol. The summed E-state index contributed by atoms with van der Waals surface area (Å²) < 4.78 is 0. The van der Waals surface area contributed by atoms with E-state index in [2.05, 4.69) is 10.3 Å². The average Bonchev–Trinajstić information content (AvgIpc) is 2.73. The van der Waals surface area contributed by atoms with E-state index in [1.807, 2.05) is 11.8 Å². The molecule has 1 amide bonds. The van der Waals surface area contributed by atoms with Crippen LogP contribution in [-0.4, -0.2) is 40.0 Å². The van der Waals surface area contributed by atoms with Crippen LogP contribution < -0.4 is 5.32 Å². The number of aryl methyl sites for hydroxylation is 1. The average molecular weight is 296 g/mol. The number of hydrogen-bond donors (Lipinski definition) is 3. The molecule has 1 aromatic heterocycles. The second-order valence-corrected chi connectivity index (χ2v) is 6.42. The first-order chi connectivity index (χ1) is 9.50. The lowest BCUT2D eigenvalue weighted by atomic mass is 10.0. The van der Waals surface area contributed by atoms with Crippen molar-refractivity contribution in [1.29, 1.82) is 0 Å². The number of carboxylic acid groups (broad SMARTS) is 1. The van der Waals surface area contributed by atoms with Crippen molar-refractivity contribution in [3.8, 4) is 0 Å². The van der Waals surface area contributed by atoms with Crippen molar-refractivity contribution < 1.29 is 14.7 Å². The molecule has 0 saturated carbocycles. The summed E-state index contributed by atoms with van der Waals surface area (Å²) in [5.41, 5.74) is 1.68. The Bertz CT molecular complexity index is 519. The van der Waals surface area contributed by atoms with Crippen LogP contribution in [0, 0.1) is 19.8 Å². The fourth-order valence-electron chi connectivity index (χ4n) is 2.58. The fourth-order valence-corrected chi connectivity index (χ4v) is 3.78. The van der Waals surface area contributed by atoms with E-state index in [1.54, 1.807) is 13.8 Å². The number of hydrogen-bond acceptors (Lipinski definition) is 3. The van der Waals surface area contributed by atoms with E-state index in [0.29, 0.717) is 29.3 Å². The molecule has 0 unspecified atom stereocenters. The van der Waals surface area contributed by atoms with E-state index in [9.17, 15) is 9.59 Å². The van der Waals surface area contributed by atoms with Crippen molar-refractivity contribution in [3.05, 3.63) is 22.5 Å². The minimum atomic E-state index is -1.03. The lowest BCUT2D eigenvalue weighted by molar-refractivity contribution is 0.0690. The van der Waals surface area contributed by atoms with Gasteiger partial charge in [0.25, 0.3) is 5.91 Å². The largest absolute Gasteiger partial charge is 0.477 e. The maximum atomic E-state index is 12.2. The summed E-state index contributed by atoms with van der Waals surface area (Å²) in [6.45, 7) is 4.07. The molecule has 3 N–H and O–H groups in total. The van der Waals surface area contributed by atoms with Crippen molar-refractivity contribution in [2.45, 2.75) is 26.7 Å². The molecule has 1 aliphatic heterocycles. The van der Waals surface area contributed by atoms with Gasteiger partial charge in [-0.2, -0.15) is 11.8 Å². The van der Waals surface area contributed by atoms with Crippen molar-refractivity contribution >= 4 is 23.6 Å². The molecule has 1 saturated heterocycles. The third-order valence-electron chi connectivity index (χ3n) is 3.77. The predicted molar refractivity (Wildman–Crippen MR) is 79.6 cm³/mol. The van der Waals surface area contributed by atoms with Gasteiger partial charge in [0, 0.05) is 12.2 Å². The molecule has 0 spiro atoms. The van der Waals surface area contributed by atoms with Crippen molar-refractivity contribution in [1.82, 2.24) is 10.3 Å². The minimum Gasteiger partial charge on any atom is -0.477 e. The van der Waals surface area contributed by atoms with Gasteiger partial charge in [-0.25, -0.2) is 4.79 Å². The van der Waals surface area contributed by atoms with Gasteiger partial charge >= 0.3 is 5.97 Å². The van der Waals surface area contributed by atoms with Crippen molar-refractivity contribution in [2.24, 2.45) is 5.92 Å². The Morgan fingerprint density at radius 2 is 2.00 bits per heavy atom. The number of aromatic nitrogens is 1. The monoisotopic (exact) mass is 296 g/mol. The van der Waals surface area contributed by atoms with Crippen LogP contribution in [0.5, 0.6) is 0 Å². The lowest BCUT2D eigenvalue weighted by Crippen LogP contribution is -2.31. The highest BCUT2D eigenvalue weighted by atomic mass is 32.2. The number of H-pyrrole nitrogens is 1. The van der Waals surface area contributed by atoms with E-state index in [1.165, 1.54) is 0 Å². The zero-order valence-electron chi connectivity index (χ0n) is 11.8. The van der Waals surface area contributed by atoms with Gasteiger partial charge in [0.15, 0.2) is 0 Å². The van der Waals surface area contributed by atoms with E-state index >= 15 is 0 Å². The van der Waals surface area contributed by atoms with Crippen molar-refractivity contribution in [2.75, 3.05) is 18.1 Å². The number of aromatic amines is 1. The maximum Gasteiger partial charge on any atom is 0.352 e. The SMILES string of the molecule is Cc1[nH]c(C(=O)O)c(C)c1C(=O)NCC1CCSCC1. The molecule has 20 heavy (non-hydrogen) atoms. The molecule has 1 fully saturated rings. The van der Waals surface area contributed by atoms with E-state index in [4.69, 9.17) is 5.11 Å². The molecule has 0 radical (unpaired) electrons. The van der Waals surface area contributed by atoms with Gasteiger partial charge < -0.3 is 15.4 Å². The van der Waals surface area contributed by atoms with Gasteiger partial charge in [0.05, 0.1) is 5.56 Å². The van der Waals surface area contributed by atoms with Crippen LogP contribution in [0.25, 0.3) is 0 Å². The molecule has 1 aliphatic rings. The molecule has 0 bridgehead atoms. The Kier molecular flexibility index (Phi) is 4.75. The number of carboxylic acids is 1. The first-order valence-corrected chi connectivity index (χ1v) is 7.94. The first kappa shape index (κ1) is 15.0. The number of nitrogens with one attached hydrogen (secondary N) is 2. The topological polar surface area (TPSA) is 82.2 Å². The lowest BCUT2D eigenvalue weighted by Gasteiger charge is -2.21. The minimum absolute atomic E-state index is 0.0988. The molecule has 5 nitrogen and oxygen atoms in total. The van der Waals surface area contributed by atoms with Crippen LogP contribution in [0.3, 0.4) is 0 Å². The zero-order chi connectivity index (χ0) is 14.7. The quantitative estimate of drug-likeness (QED) is 0.795.